The van der Waals surface area contributed by atoms with E-state index >= 15 is 0 Å². The van der Waals surface area contributed by atoms with Crippen molar-refractivity contribution >= 4 is 0 Å². The lowest BCUT2D eigenvalue weighted by molar-refractivity contribution is 0.331. The summed E-state index contributed by atoms with van der Waals surface area (Å²) in [5, 5.41) is 12.1. The first-order valence-corrected chi connectivity index (χ1v) is 8.04. The molecule has 0 unspecified atom stereocenters. The van der Waals surface area contributed by atoms with Crippen LogP contribution in [0.4, 0.5) is 4.39 Å². The van der Waals surface area contributed by atoms with Crippen LogP contribution >= 0.6 is 0 Å². The van der Waals surface area contributed by atoms with E-state index in [0.717, 1.165) is 37.7 Å². The molecule has 1 N–H and O–H groups in total. The SMILES string of the molecule is C=C/C(C#N)=C\C(F)=C(/C)COc1cccc(C2CCNCC2)n1. The molecule has 0 amide bonds. The smallest absolute Gasteiger partial charge is 0.213 e. The fraction of sp³-hybridized carbons (Fsp3) is 0.368. The summed E-state index contributed by atoms with van der Waals surface area (Å²) >= 11 is 0. The second kappa shape index (κ2) is 8.99. The van der Waals surface area contributed by atoms with E-state index in [0.29, 0.717) is 17.4 Å². The zero-order valence-corrected chi connectivity index (χ0v) is 13.9. The molecule has 1 fully saturated rings. The number of hydrogen-bond acceptors (Lipinski definition) is 4. The molecule has 0 aliphatic carbocycles. The van der Waals surface area contributed by atoms with Gasteiger partial charge in [0, 0.05) is 17.7 Å². The second-order valence-corrected chi connectivity index (χ2v) is 5.76. The van der Waals surface area contributed by atoms with Gasteiger partial charge >= 0.3 is 0 Å². The molecule has 1 aliphatic rings. The van der Waals surface area contributed by atoms with Crippen molar-refractivity contribution in [2.45, 2.75) is 25.7 Å². The lowest BCUT2D eigenvalue weighted by atomic mass is 9.94. The predicted molar refractivity (Wildman–Crippen MR) is 92.3 cm³/mol. The fourth-order valence-electron chi connectivity index (χ4n) is 2.50. The Labute approximate surface area is 142 Å². The molecule has 5 heteroatoms. The number of nitrogens with zero attached hydrogens (tertiary/aromatic N) is 2. The minimum atomic E-state index is -0.485. The average molecular weight is 327 g/mol. The van der Waals surface area contributed by atoms with Crippen LogP contribution in [0.15, 0.2) is 53.9 Å². The highest BCUT2D eigenvalue weighted by Gasteiger charge is 2.16. The van der Waals surface area contributed by atoms with Crippen molar-refractivity contribution in [1.29, 1.82) is 5.26 Å². The maximum Gasteiger partial charge on any atom is 0.213 e. The van der Waals surface area contributed by atoms with Crippen LogP contribution in [-0.2, 0) is 0 Å². The standard InChI is InChI=1S/C19H22FN3O/c1-3-15(12-21)11-17(20)14(2)13-24-19-6-4-5-18(23-19)16-7-9-22-10-8-16/h3-6,11,16,22H,1,7-10,13H2,2H3/b15-11+,17-14-. The van der Waals surface area contributed by atoms with Gasteiger partial charge < -0.3 is 10.1 Å². The highest BCUT2D eigenvalue weighted by molar-refractivity contribution is 5.38. The van der Waals surface area contributed by atoms with Crippen LogP contribution < -0.4 is 10.1 Å². The summed E-state index contributed by atoms with van der Waals surface area (Å²) in [6, 6.07) is 7.57. The van der Waals surface area contributed by atoms with Gasteiger partial charge in [-0.25, -0.2) is 9.37 Å². The molecule has 1 aromatic heterocycles. The van der Waals surface area contributed by atoms with Crippen LogP contribution in [0.2, 0.25) is 0 Å². The molecular weight excluding hydrogens is 305 g/mol. The van der Waals surface area contributed by atoms with Gasteiger partial charge in [0.1, 0.15) is 12.4 Å². The monoisotopic (exact) mass is 327 g/mol. The highest BCUT2D eigenvalue weighted by Crippen LogP contribution is 2.25. The number of halogens is 1. The van der Waals surface area contributed by atoms with E-state index in [1.807, 2.05) is 18.2 Å². The Morgan fingerprint density at radius 2 is 2.25 bits per heavy atom. The molecule has 0 spiro atoms. The van der Waals surface area contributed by atoms with Crippen molar-refractivity contribution in [2.75, 3.05) is 19.7 Å². The molecule has 0 atom stereocenters. The van der Waals surface area contributed by atoms with Gasteiger partial charge in [-0.3, -0.25) is 0 Å². The number of nitrogens with one attached hydrogen (secondary N) is 1. The van der Waals surface area contributed by atoms with Gasteiger partial charge in [0.2, 0.25) is 5.88 Å². The molecule has 1 aliphatic heterocycles. The highest BCUT2D eigenvalue weighted by atomic mass is 19.1. The van der Waals surface area contributed by atoms with Crippen molar-refractivity contribution in [2.24, 2.45) is 0 Å². The Balaban J connectivity index is 2.02. The minimum absolute atomic E-state index is 0.0842. The van der Waals surface area contributed by atoms with E-state index in [9.17, 15) is 4.39 Å². The first-order chi connectivity index (χ1) is 11.6. The molecule has 0 aromatic carbocycles. The topological polar surface area (TPSA) is 57.9 Å². The Morgan fingerprint density at radius 3 is 2.92 bits per heavy atom. The van der Waals surface area contributed by atoms with Gasteiger partial charge in [-0.2, -0.15) is 5.26 Å². The average Bonchev–Trinajstić information content (AvgIpc) is 2.64. The number of nitriles is 1. The second-order valence-electron chi connectivity index (χ2n) is 5.76. The van der Waals surface area contributed by atoms with Crippen LogP contribution in [0.25, 0.3) is 0 Å². The van der Waals surface area contributed by atoms with E-state index < -0.39 is 5.83 Å². The molecule has 2 heterocycles. The number of pyridine rings is 1. The third kappa shape index (κ3) is 5.04. The Hall–Kier alpha value is -2.45. The molecule has 1 aromatic rings. The zero-order valence-electron chi connectivity index (χ0n) is 13.9. The van der Waals surface area contributed by atoms with Crippen molar-refractivity contribution in [3.63, 3.8) is 0 Å². The zero-order chi connectivity index (χ0) is 17.4. The summed E-state index contributed by atoms with van der Waals surface area (Å²) in [5.41, 5.74) is 1.60. The number of piperidine rings is 1. The molecule has 0 saturated carbocycles. The van der Waals surface area contributed by atoms with Crippen molar-refractivity contribution in [3.05, 3.63) is 59.6 Å². The number of ether oxygens (including phenoxy) is 1. The maximum absolute atomic E-state index is 14.0. The Kier molecular flexibility index (Phi) is 6.71. The van der Waals surface area contributed by atoms with E-state index in [1.54, 1.807) is 13.0 Å². The first kappa shape index (κ1) is 17.9. The van der Waals surface area contributed by atoms with Crippen LogP contribution in [0, 0.1) is 11.3 Å². The quantitative estimate of drug-likeness (QED) is 0.638. The number of aromatic nitrogens is 1. The summed E-state index contributed by atoms with van der Waals surface area (Å²) in [7, 11) is 0. The molecule has 24 heavy (non-hydrogen) atoms. The number of hydrogen-bond donors (Lipinski definition) is 1. The normalized spacial score (nSPS) is 17.0. The van der Waals surface area contributed by atoms with Crippen molar-refractivity contribution in [3.8, 4) is 11.9 Å². The van der Waals surface area contributed by atoms with Gasteiger partial charge in [0.15, 0.2) is 0 Å². The molecule has 1 saturated heterocycles. The van der Waals surface area contributed by atoms with Gasteiger partial charge in [0.05, 0.1) is 11.6 Å². The summed E-state index contributed by atoms with van der Waals surface area (Å²) in [5.74, 6) is 0.448. The van der Waals surface area contributed by atoms with Crippen LogP contribution in [0.1, 0.15) is 31.4 Å². The first-order valence-electron chi connectivity index (χ1n) is 8.04. The largest absolute Gasteiger partial charge is 0.473 e. The van der Waals surface area contributed by atoms with Crippen molar-refractivity contribution < 1.29 is 9.13 Å². The molecule has 0 radical (unpaired) electrons. The van der Waals surface area contributed by atoms with Gasteiger partial charge in [-0.15, -0.1) is 0 Å². The summed E-state index contributed by atoms with van der Waals surface area (Å²) in [6.07, 6.45) is 4.60. The van der Waals surface area contributed by atoms with Gasteiger partial charge in [-0.1, -0.05) is 18.7 Å². The van der Waals surface area contributed by atoms with E-state index in [2.05, 4.69) is 16.9 Å². The summed E-state index contributed by atoms with van der Waals surface area (Å²) < 4.78 is 19.6. The lowest BCUT2D eigenvalue weighted by Crippen LogP contribution is -2.27. The van der Waals surface area contributed by atoms with Gasteiger partial charge in [0.25, 0.3) is 0 Å². The molecule has 4 nitrogen and oxygen atoms in total. The van der Waals surface area contributed by atoms with E-state index in [4.69, 9.17) is 10.00 Å². The minimum Gasteiger partial charge on any atom is -0.473 e. The summed E-state index contributed by atoms with van der Waals surface area (Å²) in [4.78, 5) is 4.54. The van der Waals surface area contributed by atoms with Crippen LogP contribution in [0.5, 0.6) is 5.88 Å². The van der Waals surface area contributed by atoms with Crippen LogP contribution in [0.3, 0.4) is 0 Å². The molecular formula is C19H22FN3O. The number of allylic oxidation sites excluding steroid dienone is 4. The number of rotatable bonds is 6. The van der Waals surface area contributed by atoms with Crippen LogP contribution in [-0.4, -0.2) is 24.7 Å². The Bertz CT molecular complexity index is 682. The third-order valence-electron chi connectivity index (χ3n) is 3.98. The fourth-order valence-corrected chi connectivity index (χ4v) is 2.50. The third-order valence-corrected chi connectivity index (χ3v) is 3.98. The van der Waals surface area contributed by atoms with Crippen molar-refractivity contribution in [1.82, 2.24) is 10.3 Å². The summed E-state index contributed by atoms with van der Waals surface area (Å²) in [6.45, 7) is 7.18. The van der Waals surface area contributed by atoms with Gasteiger partial charge in [-0.05, 0) is 50.6 Å². The lowest BCUT2D eigenvalue weighted by Gasteiger charge is -2.22. The predicted octanol–water partition coefficient (Wildman–Crippen LogP) is 3.81. The molecule has 126 valence electrons. The van der Waals surface area contributed by atoms with E-state index in [1.165, 1.54) is 6.08 Å². The Morgan fingerprint density at radius 1 is 1.50 bits per heavy atom. The van der Waals surface area contributed by atoms with E-state index in [-0.39, 0.29) is 12.2 Å². The molecule has 2 rings (SSSR count). The molecule has 0 bridgehead atoms. The maximum atomic E-state index is 14.0.